The highest BCUT2D eigenvalue weighted by molar-refractivity contribution is 5.77. The maximum Gasteiger partial charge on any atom is 0.188 e. The standard InChI is InChI=1S/C23H32O6/c1-16(2)23(24)22-18(11-12-25-3)21(17-9-7-6-8-10-17)19(28-14-26-4)13-20(22)29-15-27-5/h6-10,13,16,23-24H,11-12,14-15H2,1-5H3. The molecule has 0 bridgehead atoms. The van der Waals surface area contributed by atoms with Gasteiger partial charge >= 0.3 is 0 Å². The Bertz CT molecular complexity index is 745. The summed E-state index contributed by atoms with van der Waals surface area (Å²) in [5.74, 6) is 1.15. The highest BCUT2D eigenvalue weighted by Gasteiger charge is 2.27. The summed E-state index contributed by atoms with van der Waals surface area (Å²) in [6.45, 7) is 4.61. The molecule has 2 aromatic rings. The summed E-state index contributed by atoms with van der Waals surface area (Å²) in [6.07, 6.45) is -0.124. The summed E-state index contributed by atoms with van der Waals surface area (Å²) < 4.78 is 27.4. The van der Waals surface area contributed by atoms with Gasteiger partial charge in [-0.15, -0.1) is 0 Å². The third-order valence-electron chi connectivity index (χ3n) is 4.61. The third kappa shape index (κ3) is 5.93. The number of aliphatic hydroxyl groups excluding tert-OH is 1. The molecule has 0 fully saturated rings. The Morgan fingerprint density at radius 1 is 0.862 bits per heavy atom. The quantitative estimate of drug-likeness (QED) is 0.535. The lowest BCUT2D eigenvalue weighted by atomic mass is 9.86. The Morgan fingerprint density at radius 2 is 1.48 bits per heavy atom. The van der Waals surface area contributed by atoms with Crippen LogP contribution in [-0.2, 0) is 20.6 Å². The number of aliphatic hydroxyl groups is 1. The molecule has 0 aliphatic rings. The fraction of sp³-hybridized carbons (Fsp3) is 0.478. The molecule has 160 valence electrons. The van der Waals surface area contributed by atoms with Crippen LogP contribution in [0.4, 0.5) is 0 Å². The van der Waals surface area contributed by atoms with Crippen LogP contribution in [0, 0.1) is 5.92 Å². The van der Waals surface area contributed by atoms with Crippen LogP contribution in [0.1, 0.15) is 31.1 Å². The first-order valence-electron chi connectivity index (χ1n) is 9.70. The maximum absolute atomic E-state index is 11.1. The van der Waals surface area contributed by atoms with Crippen LogP contribution in [0.3, 0.4) is 0 Å². The second-order valence-electron chi connectivity index (χ2n) is 7.04. The van der Waals surface area contributed by atoms with Crippen LogP contribution < -0.4 is 9.47 Å². The second-order valence-corrected chi connectivity index (χ2v) is 7.04. The predicted molar refractivity (Wildman–Crippen MR) is 112 cm³/mol. The van der Waals surface area contributed by atoms with Gasteiger partial charge in [0, 0.05) is 38.5 Å². The summed E-state index contributed by atoms with van der Waals surface area (Å²) in [7, 11) is 4.80. The number of benzene rings is 2. The molecule has 1 N–H and O–H groups in total. The van der Waals surface area contributed by atoms with Crippen molar-refractivity contribution in [3.05, 3.63) is 47.5 Å². The number of rotatable bonds is 12. The first kappa shape index (κ1) is 23.2. The van der Waals surface area contributed by atoms with Gasteiger partial charge in [0.2, 0.25) is 0 Å². The summed E-state index contributed by atoms with van der Waals surface area (Å²) in [4.78, 5) is 0. The molecule has 6 heteroatoms. The Kier molecular flexibility index (Phi) is 9.41. The Morgan fingerprint density at radius 3 is 2.03 bits per heavy atom. The molecule has 0 heterocycles. The van der Waals surface area contributed by atoms with Gasteiger partial charge in [-0.25, -0.2) is 0 Å². The van der Waals surface area contributed by atoms with Crippen LogP contribution in [0.5, 0.6) is 11.5 Å². The highest BCUT2D eigenvalue weighted by atomic mass is 16.7. The highest BCUT2D eigenvalue weighted by Crippen LogP contribution is 2.44. The van der Waals surface area contributed by atoms with Gasteiger partial charge in [0.25, 0.3) is 0 Å². The predicted octanol–water partition coefficient (Wildman–Crippen LogP) is 4.20. The third-order valence-corrected chi connectivity index (χ3v) is 4.61. The molecule has 2 rings (SSSR count). The molecule has 1 atom stereocenters. The van der Waals surface area contributed by atoms with Gasteiger partial charge in [-0.05, 0) is 23.5 Å². The minimum Gasteiger partial charge on any atom is -0.467 e. The van der Waals surface area contributed by atoms with Gasteiger partial charge in [-0.1, -0.05) is 44.2 Å². The van der Waals surface area contributed by atoms with Gasteiger partial charge in [-0.3, -0.25) is 0 Å². The molecule has 1 unspecified atom stereocenters. The van der Waals surface area contributed by atoms with Crippen molar-refractivity contribution < 1.29 is 28.8 Å². The van der Waals surface area contributed by atoms with E-state index >= 15 is 0 Å². The van der Waals surface area contributed by atoms with Crippen LogP contribution in [-0.4, -0.2) is 46.6 Å². The van der Waals surface area contributed by atoms with E-state index in [1.807, 2.05) is 44.2 Å². The molecular weight excluding hydrogens is 372 g/mol. The normalized spacial score (nSPS) is 12.2. The monoisotopic (exact) mass is 404 g/mol. The smallest absolute Gasteiger partial charge is 0.188 e. The van der Waals surface area contributed by atoms with E-state index in [0.717, 1.165) is 22.3 Å². The van der Waals surface area contributed by atoms with Gasteiger partial charge < -0.3 is 28.8 Å². The first-order valence-corrected chi connectivity index (χ1v) is 9.70. The SMILES string of the molecule is COCCc1c(-c2ccccc2)c(OCOC)cc(OCOC)c1C(O)C(C)C. The molecule has 2 aromatic carbocycles. The van der Waals surface area contributed by atoms with E-state index in [9.17, 15) is 5.11 Å². The lowest BCUT2D eigenvalue weighted by Gasteiger charge is -2.26. The van der Waals surface area contributed by atoms with E-state index in [2.05, 4.69) is 0 Å². The zero-order valence-corrected chi connectivity index (χ0v) is 17.9. The lowest BCUT2D eigenvalue weighted by Crippen LogP contribution is -2.15. The van der Waals surface area contributed by atoms with E-state index in [4.69, 9.17) is 23.7 Å². The maximum atomic E-state index is 11.1. The van der Waals surface area contributed by atoms with Crippen molar-refractivity contribution in [2.75, 3.05) is 41.5 Å². The van der Waals surface area contributed by atoms with Crippen LogP contribution in [0.2, 0.25) is 0 Å². The van der Waals surface area contributed by atoms with Crippen molar-refractivity contribution in [1.82, 2.24) is 0 Å². The molecule has 0 radical (unpaired) electrons. The topological polar surface area (TPSA) is 66.4 Å². The minimum absolute atomic E-state index is 0.00411. The van der Waals surface area contributed by atoms with Crippen molar-refractivity contribution in [2.45, 2.75) is 26.4 Å². The molecular formula is C23H32O6. The van der Waals surface area contributed by atoms with E-state index < -0.39 is 6.10 Å². The molecule has 0 saturated heterocycles. The van der Waals surface area contributed by atoms with Gasteiger partial charge in [0.1, 0.15) is 11.5 Å². The average molecular weight is 405 g/mol. The zero-order chi connectivity index (χ0) is 21.2. The number of methoxy groups -OCH3 is 3. The Hall–Kier alpha value is -2.12. The molecule has 0 aliphatic heterocycles. The molecule has 29 heavy (non-hydrogen) atoms. The Balaban J connectivity index is 2.79. The summed E-state index contributed by atoms with van der Waals surface area (Å²) in [6, 6.07) is 11.8. The first-order chi connectivity index (χ1) is 14.0. The van der Waals surface area contributed by atoms with Gasteiger partial charge in [0.15, 0.2) is 13.6 Å². The Labute approximate surface area is 173 Å². The van der Waals surface area contributed by atoms with Gasteiger partial charge in [0.05, 0.1) is 12.7 Å². The zero-order valence-electron chi connectivity index (χ0n) is 17.9. The second kappa shape index (κ2) is 11.8. The van der Waals surface area contributed by atoms with E-state index in [0.29, 0.717) is 24.5 Å². The largest absolute Gasteiger partial charge is 0.467 e. The molecule has 0 saturated carbocycles. The fourth-order valence-corrected chi connectivity index (χ4v) is 3.22. The number of hydrogen-bond acceptors (Lipinski definition) is 6. The number of hydrogen-bond donors (Lipinski definition) is 1. The van der Waals surface area contributed by atoms with Crippen molar-refractivity contribution in [3.63, 3.8) is 0 Å². The fourth-order valence-electron chi connectivity index (χ4n) is 3.22. The van der Waals surface area contributed by atoms with E-state index in [1.54, 1.807) is 27.4 Å². The van der Waals surface area contributed by atoms with Crippen molar-refractivity contribution in [1.29, 1.82) is 0 Å². The summed E-state index contributed by atoms with van der Waals surface area (Å²) >= 11 is 0. The summed E-state index contributed by atoms with van der Waals surface area (Å²) in [5.41, 5.74) is 3.55. The van der Waals surface area contributed by atoms with Crippen molar-refractivity contribution in [2.24, 2.45) is 5.92 Å². The van der Waals surface area contributed by atoms with Crippen molar-refractivity contribution in [3.8, 4) is 22.6 Å². The average Bonchev–Trinajstić information content (AvgIpc) is 2.74. The molecule has 6 nitrogen and oxygen atoms in total. The van der Waals surface area contributed by atoms with Crippen LogP contribution in [0.15, 0.2) is 36.4 Å². The lowest BCUT2D eigenvalue weighted by molar-refractivity contribution is 0.0424. The van der Waals surface area contributed by atoms with E-state index in [1.165, 1.54) is 0 Å². The van der Waals surface area contributed by atoms with Gasteiger partial charge in [-0.2, -0.15) is 0 Å². The van der Waals surface area contributed by atoms with E-state index in [-0.39, 0.29) is 19.5 Å². The summed E-state index contributed by atoms with van der Waals surface area (Å²) in [5, 5.41) is 11.1. The molecule has 0 amide bonds. The molecule has 0 aromatic heterocycles. The minimum atomic E-state index is -0.715. The van der Waals surface area contributed by atoms with Crippen LogP contribution >= 0.6 is 0 Å². The van der Waals surface area contributed by atoms with Crippen molar-refractivity contribution >= 4 is 0 Å². The van der Waals surface area contributed by atoms with Crippen LogP contribution in [0.25, 0.3) is 11.1 Å². The number of ether oxygens (including phenoxy) is 5. The molecule has 0 aliphatic carbocycles. The molecule has 0 spiro atoms.